The molecule has 0 saturated heterocycles. The van der Waals surface area contributed by atoms with Gasteiger partial charge in [-0.05, 0) is 37.3 Å². The van der Waals surface area contributed by atoms with Gasteiger partial charge in [-0.1, -0.05) is 13.0 Å². The SMILES string of the molecule is CCC(=O)c1ccc(OC(C)C(=O)Nc2cccc([N+](=O)[O-])c2)cc1. The van der Waals surface area contributed by atoms with Crippen molar-refractivity contribution in [3.8, 4) is 5.75 Å². The molecule has 1 N–H and O–H groups in total. The van der Waals surface area contributed by atoms with E-state index in [4.69, 9.17) is 4.74 Å². The molecule has 7 nitrogen and oxygen atoms in total. The first kappa shape index (κ1) is 18.1. The standard InChI is InChI=1S/C18H18N2O5/c1-3-17(21)13-7-9-16(10-8-13)25-12(2)18(22)19-14-5-4-6-15(11-14)20(23)24/h4-12H,3H2,1-2H3,(H,19,22). The molecule has 1 atom stereocenters. The molecule has 25 heavy (non-hydrogen) atoms. The van der Waals surface area contributed by atoms with Crippen molar-refractivity contribution in [3.63, 3.8) is 0 Å². The van der Waals surface area contributed by atoms with E-state index in [2.05, 4.69) is 5.32 Å². The van der Waals surface area contributed by atoms with Crippen LogP contribution in [0.25, 0.3) is 0 Å². The van der Waals surface area contributed by atoms with E-state index in [0.717, 1.165) is 0 Å². The number of ketones is 1. The van der Waals surface area contributed by atoms with Gasteiger partial charge in [-0.25, -0.2) is 0 Å². The Balaban J connectivity index is 1.99. The summed E-state index contributed by atoms with van der Waals surface area (Å²) in [6, 6.07) is 12.2. The summed E-state index contributed by atoms with van der Waals surface area (Å²) in [5, 5.41) is 13.3. The Morgan fingerprint density at radius 1 is 1.20 bits per heavy atom. The maximum atomic E-state index is 12.2. The Morgan fingerprint density at radius 2 is 1.88 bits per heavy atom. The fourth-order valence-corrected chi connectivity index (χ4v) is 2.12. The number of non-ortho nitro benzene ring substituents is 1. The number of nitro groups is 1. The van der Waals surface area contributed by atoms with Crippen LogP contribution in [0, 0.1) is 10.1 Å². The summed E-state index contributed by atoms with van der Waals surface area (Å²) in [6.45, 7) is 3.35. The molecule has 0 aromatic heterocycles. The molecule has 0 aliphatic rings. The molecule has 0 saturated carbocycles. The highest BCUT2D eigenvalue weighted by Gasteiger charge is 2.16. The number of nitrogens with one attached hydrogen (secondary N) is 1. The monoisotopic (exact) mass is 342 g/mol. The Labute approximate surface area is 144 Å². The van der Waals surface area contributed by atoms with Crippen LogP contribution in [0.2, 0.25) is 0 Å². The smallest absolute Gasteiger partial charge is 0.271 e. The largest absolute Gasteiger partial charge is 0.481 e. The fourth-order valence-electron chi connectivity index (χ4n) is 2.12. The molecule has 2 rings (SSSR count). The molecule has 1 unspecified atom stereocenters. The quantitative estimate of drug-likeness (QED) is 0.471. The lowest BCUT2D eigenvalue weighted by molar-refractivity contribution is -0.384. The van der Waals surface area contributed by atoms with E-state index in [1.54, 1.807) is 44.2 Å². The summed E-state index contributed by atoms with van der Waals surface area (Å²) in [5.74, 6) is 0.0477. The van der Waals surface area contributed by atoms with Crippen molar-refractivity contribution in [1.82, 2.24) is 0 Å². The minimum absolute atomic E-state index is 0.0306. The number of rotatable bonds is 7. The van der Waals surface area contributed by atoms with Gasteiger partial charge in [0.25, 0.3) is 11.6 Å². The predicted octanol–water partition coefficient (Wildman–Crippen LogP) is 3.59. The number of anilines is 1. The molecule has 0 aliphatic heterocycles. The Hall–Kier alpha value is -3.22. The number of Topliss-reactive ketones (excluding diaryl/α,β-unsaturated/α-hetero) is 1. The van der Waals surface area contributed by atoms with Gasteiger partial charge in [0, 0.05) is 29.8 Å². The molecule has 2 aromatic rings. The molecule has 0 radical (unpaired) electrons. The average Bonchev–Trinajstić information content (AvgIpc) is 2.61. The maximum Gasteiger partial charge on any atom is 0.271 e. The topological polar surface area (TPSA) is 98.5 Å². The highest BCUT2D eigenvalue weighted by Crippen LogP contribution is 2.19. The normalized spacial score (nSPS) is 11.4. The molecular weight excluding hydrogens is 324 g/mol. The van der Waals surface area contributed by atoms with Gasteiger partial charge in [-0.15, -0.1) is 0 Å². The van der Waals surface area contributed by atoms with E-state index >= 15 is 0 Å². The number of hydrogen-bond donors (Lipinski definition) is 1. The van der Waals surface area contributed by atoms with Crippen LogP contribution in [0.3, 0.4) is 0 Å². The second kappa shape index (κ2) is 8.05. The third kappa shape index (κ3) is 4.87. The van der Waals surface area contributed by atoms with E-state index < -0.39 is 16.9 Å². The van der Waals surface area contributed by atoms with Crippen molar-refractivity contribution in [2.45, 2.75) is 26.4 Å². The third-order valence-electron chi connectivity index (χ3n) is 3.50. The first-order valence-corrected chi connectivity index (χ1v) is 7.76. The minimum atomic E-state index is -0.813. The number of nitrogens with zero attached hydrogens (tertiary/aromatic N) is 1. The third-order valence-corrected chi connectivity index (χ3v) is 3.50. The van der Waals surface area contributed by atoms with Crippen molar-refractivity contribution < 1.29 is 19.2 Å². The highest BCUT2D eigenvalue weighted by atomic mass is 16.6. The Kier molecular flexibility index (Phi) is 5.84. The number of carbonyl (C=O) groups is 2. The molecule has 0 fully saturated rings. The van der Waals surface area contributed by atoms with Crippen LogP contribution in [0.1, 0.15) is 30.6 Å². The van der Waals surface area contributed by atoms with Gasteiger partial charge in [0.2, 0.25) is 0 Å². The summed E-state index contributed by atoms with van der Waals surface area (Å²) < 4.78 is 5.54. The van der Waals surface area contributed by atoms with Crippen LogP contribution in [0.15, 0.2) is 48.5 Å². The van der Waals surface area contributed by atoms with E-state index in [-0.39, 0.29) is 11.5 Å². The van der Waals surface area contributed by atoms with Crippen molar-refractivity contribution >= 4 is 23.1 Å². The maximum absolute atomic E-state index is 12.2. The fraction of sp³-hybridized carbons (Fsp3) is 0.222. The van der Waals surface area contributed by atoms with E-state index in [1.807, 2.05) is 0 Å². The van der Waals surface area contributed by atoms with Crippen LogP contribution in [-0.2, 0) is 4.79 Å². The Bertz CT molecular complexity index is 786. The molecule has 0 bridgehead atoms. The molecule has 7 heteroatoms. The van der Waals surface area contributed by atoms with Crippen molar-refractivity contribution in [1.29, 1.82) is 0 Å². The first-order chi connectivity index (χ1) is 11.9. The zero-order valence-electron chi connectivity index (χ0n) is 13.9. The van der Waals surface area contributed by atoms with Crippen LogP contribution in [-0.4, -0.2) is 22.7 Å². The summed E-state index contributed by atoms with van der Waals surface area (Å²) in [7, 11) is 0. The van der Waals surface area contributed by atoms with E-state index in [1.165, 1.54) is 18.2 Å². The second-order valence-electron chi connectivity index (χ2n) is 5.36. The lowest BCUT2D eigenvalue weighted by atomic mass is 10.1. The van der Waals surface area contributed by atoms with Crippen LogP contribution in [0.4, 0.5) is 11.4 Å². The molecule has 0 aliphatic carbocycles. The van der Waals surface area contributed by atoms with E-state index in [0.29, 0.717) is 23.4 Å². The summed E-state index contributed by atoms with van der Waals surface area (Å²) in [4.78, 5) is 34.0. The second-order valence-corrected chi connectivity index (χ2v) is 5.36. The van der Waals surface area contributed by atoms with Crippen molar-refractivity contribution in [2.75, 3.05) is 5.32 Å². The van der Waals surface area contributed by atoms with Gasteiger partial charge in [-0.3, -0.25) is 19.7 Å². The van der Waals surface area contributed by atoms with Gasteiger partial charge < -0.3 is 10.1 Å². The number of carbonyl (C=O) groups excluding carboxylic acids is 2. The summed E-state index contributed by atoms with van der Waals surface area (Å²) in [5.41, 5.74) is 0.796. The molecular formula is C18H18N2O5. The highest BCUT2D eigenvalue weighted by molar-refractivity contribution is 5.96. The van der Waals surface area contributed by atoms with Gasteiger partial charge in [0.15, 0.2) is 11.9 Å². The van der Waals surface area contributed by atoms with Gasteiger partial charge >= 0.3 is 0 Å². The molecule has 2 aromatic carbocycles. The average molecular weight is 342 g/mol. The molecule has 1 amide bonds. The zero-order valence-corrected chi connectivity index (χ0v) is 13.9. The molecule has 0 spiro atoms. The van der Waals surface area contributed by atoms with Crippen LogP contribution >= 0.6 is 0 Å². The van der Waals surface area contributed by atoms with Crippen LogP contribution < -0.4 is 10.1 Å². The van der Waals surface area contributed by atoms with Gasteiger partial charge in [0.05, 0.1) is 4.92 Å². The zero-order chi connectivity index (χ0) is 18.4. The number of amides is 1. The number of benzene rings is 2. The summed E-state index contributed by atoms with van der Waals surface area (Å²) in [6.07, 6.45) is -0.394. The first-order valence-electron chi connectivity index (χ1n) is 7.76. The van der Waals surface area contributed by atoms with Crippen molar-refractivity contribution in [2.24, 2.45) is 0 Å². The minimum Gasteiger partial charge on any atom is -0.481 e. The number of nitro benzene ring substituents is 1. The van der Waals surface area contributed by atoms with E-state index in [9.17, 15) is 19.7 Å². The number of hydrogen-bond acceptors (Lipinski definition) is 5. The predicted molar refractivity (Wildman–Crippen MR) is 92.9 cm³/mol. The van der Waals surface area contributed by atoms with Crippen LogP contribution in [0.5, 0.6) is 5.75 Å². The molecule has 0 heterocycles. The summed E-state index contributed by atoms with van der Waals surface area (Å²) >= 11 is 0. The molecule has 130 valence electrons. The lowest BCUT2D eigenvalue weighted by Gasteiger charge is -2.15. The van der Waals surface area contributed by atoms with Gasteiger partial charge in [-0.2, -0.15) is 0 Å². The van der Waals surface area contributed by atoms with Crippen molar-refractivity contribution in [3.05, 3.63) is 64.2 Å². The van der Waals surface area contributed by atoms with Gasteiger partial charge in [0.1, 0.15) is 5.75 Å². The number of ether oxygens (including phenoxy) is 1. The lowest BCUT2D eigenvalue weighted by Crippen LogP contribution is -2.30. The Morgan fingerprint density at radius 3 is 2.48 bits per heavy atom.